The Kier molecular flexibility index (Phi) is 6.41. The Bertz CT molecular complexity index is 441. The Hall–Kier alpha value is -1.50. The van der Waals surface area contributed by atoms with Gasteiger partial charge in [0.05, 0.1) is 12.2 Å². The molecule has 0 saturated heterocycles. The van der Waals surface area contributed by atoms with Crippen molar-refractivity contribution in [2.45, 2.75) is 32.8 Å². The van der Waals surface area contributed by atoms with Crippen LogP contribution in [0.5, 0.6) is 5.75 Å². The quantitative estimate of drug-likeness (QED) is 0.632. The molecule has 0 aliphatic heterocycles. The number of aliphatic hydroxyl groups is 1. The van der Waals surface area contributed by atoms with Crippen molar-refractivity contribution in [1.82, 2.24) is 0 Å². The van der Waals surface area contributed by atoms with Crippen LogP contribution in [0.3, 0.4) is 0 Å². The summed E-state index contributed by atoms with van der Waals surface area (Å²) in [5.74, 6) is 6.23. The van der Waals surface area contributed by atoms with Crippen molar-refractivity contribution in [3.05, 3.63) is 29.8 Å². The number of ether oxygens (including phenoxy) is 2. The van der Waals surface area contributed by atoms with Gasteiger partial charge in [-0.25, -0.2) is 0 Å². The third-order valence-corrected chi connectivity index (χ3v) is 2.84. The van der Waals surface area contributed by atoms with Gasteiger partial charge in [0.15, 0.2) is 0 Å². The monoisotopic (exact) mass is 262 g/mol. The molecular weight excluding hydrogens is 240 g/mol. The van der Waals surface area contributed by atoms with E-state index in [1.807, 2.05) is 24.3 Å². The Balaban J connectivity index is 2.41. The van der Waals surface area contributed by atoms with Crippen molar-refractivity contribution in [2.24, 2.45) is 0 Å². The van der Waals surface area contributed by atoms with E-state index in [0.717, 1.165) is 17.7 Å². The Morgan fingerprint density at radius 1 is 1.26 bits per heavy atom. The molecule has 3 heteroatoms. The van der Waals surface area contributed by atoms with Crippen LogP contribution < -0.4 is 4.74 Å². The van der Waals surface area contributed by atoms with E-state index in [-0.39, 0.29) is 12.2 Å². The third-order valence-electron chi connectivity index (χ3n) is 2.84. The fourth-order valence-corrected chi connectivity index (χ4v) is 1.38. The Morgan fingerprint density at radius 2 is 2.05 bits per heavy atom. The highest BCUT2D eigenvalue weighted by Gasteiger charge is 2.14. The predicted octanol–water partition coefficient (Wildman–Crippen LogP) is 2.61. The van der Waals surface area contributed by atoms with Gasteiger partial charge in [-0.2, -0.15) is 0 Å². The van der Waals surface area contributed by atoms with Gasteiger partial charge in [-0.15, -0.1) is 0 Å². The average Bonchev–Trinajstić information content (AvgIpc) is 2.42. The molecule has 0 saturated carbocycles. The largest absolute Gasteiger partial charge is 0.491 e. The van der Waals surface area contributed by atoms with Gasteiger partial charge < -0.3 is 14.6 Å². The lowest BCUT2D eigenvalue weighted by Crippen LogP contribution is -2.25. The van der Waals surface area contributed by atoms with Crippen LogP contribution in [0.4, 0.5) is 0 Å². The first-order chi connectivity index (χ1) is 9.07. The summed E-state index contributed by atoms with van der Waals surface area (Å²) in [6, 6.07) is 7.50. The number of hydrogen-bond acceptors (Lipinski definition) is 3. The first-order valence-corrected chi connectivity index (χ1v) is 6.54. The molecule has 0 unspecified atom stereocenters. The van der Waals surface area contributed by atoms with Gasteiger partial charge in [0.2, 0.25) is 0 Å². The Labute approximate surface area is 115 Å². The molecular formula is C16H22O3. The Morgan fingerprint density at radius 3 is 2.74 bits per heavy atom. The van der Waals surface area contributed by atoms with Crippen molar-refractivity contribution in [2.75, 3.05) is 19.8 Å². The van der Waals surface area contributed by atoms with Gasteiger partial charge in [0, 0.05) is 5.56 Å². The summed E-state index contributed by atoms with van der Waals surface area (Å²) >= 11 is 0. The fraction of sp³-hybridized carbons (Fsp3) is 0.500. The number of rotatable bonds is 6. The van der Waals surface area contributed by atoms with Crippen LogP contribution in [0.25, 0.3) is 0 Å². The highest BCUT2D eigenvalue weighted by atomic mass is 16.5. The molecule has 1 aromatic rings. The molecule has 104 valence electrons. The van der Waals surface area contributed by atoms with Gasteiger partial charge in [-0.1, -0.05) is 24.8 Å². The molecule has 0 bridgehead atoms. The molecule has 0 aliphatic carbocycles. The maximum absolute atomic E-state index is 8.65. The SMILES string of the molecule is CCC(C)(C)OCCOc1cccc(C#CCO)c1. The van der Waals surface area contributed by atoms with Crippen molar-refractivity contribution >= 4 is 0 Å². The van der Waals surface area contributed by atoms with Crippen LogP contribution in [0.15, 0.2) is 24.3 Å². The molecule has 0 heterocycles. The van der Waals surface area contributed by atoms with E-state index in [9.17, 15) is 0 Å². The van der Waals surface area contributed by atoms with Crippen LogP contribution >= 0.6 is 0 Å². The van der Waals surface area contributed by atoms with Crippen LogP contribution in [-0.2, 0) is 4.74 Å². The van der Waals surface area contributed by atoms with Crippen LogP contribution in [-0.4, -0.2) is 30.5 Å². The molecule has 0 fully saturated rings. The minimum Gasteiger partial charge on any atom is -0.491 e. The van der Waals surface area contributed by atoms with Crippen molar-refractivity contribution in [3.63, 3.8) is 0 Å². The predicted molar refractivity (Wildman–Crippen MR) is 76.2 cm³/mol. The standard InChI is InChI=1S/C16H22O3/c1-4-16(2,3)19-12-11-18-15-9-5-7-14(13-15)8-6-10-17/h5,7,9,13,17H,4,10-12H2,1-3H3. The third kappa shape index (κ3) is 6.28. The van der Waals surface area contributed by atoms with Gasteiger partial charge in [-0.05, 0) is 38.5 Å². The van der Waals surface area contributed by atoms with Crippen LogP contribution in [0, 0.1) is 11.8 Å². The van der Waals surface area contributed by atoms with E-state index < -0.39 is 0 Å². The molecule has 0 atom stereocenters. The molecule has 3 nitrogen and oxygen atoms in total. The van der Waals surface area contributed by atoms with E-state index >= 15 is 0 Å². The lowest BCUT2D eigenvalue weighted by molar-refractivity contribution is -0.0317. The summed E-state index contributed by atoms with van der Waals surface area (Å²) in [5.41, 5.74) is 0.735. The zero-order valence-corrected chi connectivity index (χ0v) is 11.9. The number of aliphatic hydroxyl groups excluding tert-OH is 1. The highest BCUT2D eigenvalue weighted by Crippen LogP contribution is 2.15. The van der Waals surface area contributed by atoms with E-state index in [1.165, 1.54) is 0 Å². The summed E-state index contributed by atoms with van der Waals surface area (Å²) in [7, 11) is 0. The minimum atomic E-state index is -0.134. The summed E-state index contributed by atoms with van der Waals surface area (Å²) in [4.78, 5) is 0. The minimum absolute atomic E-state index is 0.0994. The summed E-state index contributed by atoms with van der Waals surface area (Å²) < 4.78 is 11.3. The summed E-state index contributed by atoms with van der Waals surface area (Å²) in [6.45, 7) is 7.18. The summed E-state index contributed by atoms with van der Waals surface area (Å²) in [5, 5.41) is 8.65. The molecule has 1 rings (SSSR count). The smallest absolute Gasteiger partial charge is 0.120 e. The van der Waals surface area contributed by atoms with Gasteiger partial charge in [-0.3, -0.25) is 0 Å². The second-order valence-corrected chi connectivity index (χ2v) is 4.80. The molecule has 1 aromatic carbocycles. The second-order valence-electron chi connectivity index (χ2n) is 4.80. The zero-order valence-electron chi connectivity index (χ0n) is 11.9. The first kappa shape index (κ1) is 15.6. The molecule has 0 amide bonds. The fourth-order valence-electron chi connectivity index (χ4n) is 1.38. The summed E-state index contributed by atoms with van der Waals surface area (Å²) in [6.07, 6.45) is 0.971. The van der Waals surface area contributed by atoms with Crippen molar-refractivity contribution < 1.29 is 14.6 Å². The second kappa shape index (κ2) is 7.83. The van der Waals surface area contributed by atoms with E-state index in [0.29, 0.717) is 13.2 Å². The van der Waals surface area contributed by atoms with Gasteiger partial charge >= 0.3 is 0 Å². The normalized spacial score (nSPS) is 10.7. The lowest BCUT2D eigenvalue weighted by Gasteiger charge is -2.23. The van der Waals surface area contributed by atoms with E-state index in [1.54, 1.807) is 0 Å². The molecule has 0 aliphatic rings. The first-order valence-electron chi connectivity index (χ1n) is 6.54. The van der Waals surface area contributed by atoms with Crippen LogP contribution in [0.2, 0.25) is 0 Å². The molecule has 0 spiro atoms. The van der Waals surface area contributed by atoms with Crippen molar-refractivity contribution in [1.29, 1.82) is 0 Å². The molecule has 0 aromatic heterocycles. The highest BCUT2D eigenvalue weighted by molar-refractivity contribution is 5.39. The topological polar surface area (TPSA) is 38.7 Å². The maximum Gasteiger partial charge on any atom is 0.120 e. The van der Waals surface area contributed by atoms with Gasteiger partial charge in [0.25, 0.3) is 0 Å². The number of benzene rings is 1. The molecule has 0 radical (unpaired) electrons. The van der Waals surface area contributed by atoms with Gasteiger partial charge in [0.1, 0.15) is 19.0 Å². The lowest BCUT2D eigenvalue weighted by atomic mass is 10.1. The molecule has 1 N–H and O–H groups in total. The zero-order chi connectivity index (χ0) is 14.1. The van der Waals surface area contributed by atoms with Crippen LogP contribution in [0.1, 0.15) is 32.8 Å². The average molecular weight is 262 g/mol. The van der Waals surface area contributed by atoms with E-state index in [2.05, 4.69) is 32.6 Å². The van der Waals surface area contributed by atoms with E-state index in [4.69, 9.17) is 14.6 Å². The number of hydrogen-bond donors (Lipinski definition) is 1. The van der Waals surface area contributed by atoms with Crippen molar-refractivity contribution in [3.8, 4) is 17.6 Å². The maximum atomic E-state index is 8.65. The molecule has 19 heavy (non-hydrogen) atoms.